The summed E-state index contributed by atoms with van der Waals surface area (Å²) >= 11 is 12.9. The van der Waals surface area contributed by atoms with Crippen LogP contribution >= 0.6 is 23.2 Å². The maximum atomic E-state index is 10.6. The number of nitrogens with two attached hydrogens (primary N) is 1. The van der Waals surface area contributed by atoms with E-state index >= 15 is 0 Å². The van der Waals surface area contributed by atoms with E-state index in [1.165, 1.54) is 11.1 Å². The van der Waals surface area contributed by atoms with Crippen molar-refractivity contribution in [2.45, 2.75) is 12.5 Å². The molecule has 202 valence electrons. The molecule has 2 amide bonds. The third-order valence-corrected chi connectivity index (χ3v) is 6.78. The number of primary amides is 1. The molecule has 1 aliphatic rings. The van der Waals surface area contributed by atoms with Gasteiger partial charge in [-0.05, 0) is 48.0 Å². The van der Waals surface area contributed by atoms with E-state index in [1.807, 2.05) is 30.3 Å². The topological polar surface area (TPSA) is 115 Å². The summed E-state index contributed by atoms with van der Waals surface area (Å²) in [5, 5.41) is 15.7. The number of anilines is 1. The molecule has 0 aliphatic carbocycles. The molecule has 0 radical (unpaired) electrons. The second kappa shape index (κ2) is 13.7. The van der Waals surface area contributed by atoms with Gasteiger partial charge in [0.15, 0.2) is 0 Å². The highest BCUT2D eigenvalue weighted by atomic mass is 35.5. The number of rotatable bonds is 12. The highest BCUT2D eigenvalue weighted by molar-refractivity contribution is 6.35. The van der Waals surface area contributed by atoms with Crippen molar-refractivity contribution in [3.63, 3.8) is 0 Å². The second-order valence-electron chi connectivity index (χ2n) is 9.10. The lowest BCUT2D eigenvalue weighted by molar-refractivity contribution is 0.0534. The van der Waals surface area contributed by atoms with Crippen molar-refractivity contribution < 1.29 is 14.3 Å². The van der Waals surface area contributed by atoms with Gasteiger partial charge in [-0.1, -0.05) is 41.4 Å². The monoisotopic (exact) mass is 558 g/mol. The van der Waals surface area contributed by atoms with Gasteiger partial charge < -0.3 is 30.7 Å². The lowest BCUT2D eigenvalue weighted by Gasteiger charge is -2.33. The fraction of sp³-hybridized carbons (Fsp3) is 0.370. The van der Waals surface area contributed by atoms with Crippen LogP contribution in [0.4, 0.5) is 10.5 Å². The predicted molar refractivity (Wildman–Crippen MR) is 150 cm³/mol. The first-order valence-electron chi connectivity index (χ1n) is 12.4. The van der Waals surface area contributed by atoms with E-state index in [-0.39, 0.29) is 5.92 Å². The highest BCUT2D eigenvalue weighted by Gasteiger charge is 2.27. The standard InChI is InChI=1S/C27H32Cl2N6O3/c1-35-16-23(22-12-20(28)13-25(29)24(22)17-35)18-3-2-4-19(11-18)26-14-21(15-33-34-26)31-5-7-37-9-10-38-8-6-32-27(30)36/h2-4,11-15,23H,5-10,16-17H2,1H3,(H,31,34)(H3,30,32,36)/t23-/m0/s1. The van der Waals surface area contributed by atoms with Gasteiger partial charge in [0.25, 0.3) is 0 Å². The number of nitrogens with one attached hydrogen (secondary N) is 2. The normalized spacial score (nSPS) is 15.2. The second-order valence-corrected chi connectivity index (χ2v) is 9.95. The molecule has 9 nitrogen and oxygen atoms in total. The smallest absolute Gasteiger partial charge is 0.312 e. The number of ether oxygens (including phenoxy) is 2. The Bertz CT molecular complexity index is 1250. The quantitative estimate of drug-likeness (QED) is 0.286. The number of amides is 2. The zero-order chi connectivity index (χ0) is 26.9. The summed E-state index contributed by atoms with van der Waals surface area (Å²) in [6.07, 6.45) is 1.69. The van der Waals surface area contributed by atoms with Crippen molar-refractivity contribution in [3.05, 3.63) is 75.4 Å². The molecule has 0 unspecified atom stereocenters. The summed E-state index contributed by atoms with van der Waals surface area (Å²) in [6, 6.07) is 13.7. The third-order valence-electron chi connectivity index (χ3n) is 6.22. The summed E-state index contributed by atoms with van der Waals surface area (Å²) in [5.41, 5.74) is 11.1. The maximum absolute atomic E-state index is 10.6. The van der Waals surface area contributed by atoms with E-state index in [2.05, 4.69) is 44.9 Å². The molecule has 38 heavy (non-hydrogen) atoms. The molecule has 4 rings (SSSR count). The van der Waals surface area contributed by atoms with Crippen LogP contribution in [0.2, 0.25) is 10.0 Å². The van der Waals surface area contributed by atoms with E-state index in [4.69, 9.17) is 38.4 Å². The molecule has 3 aromatic rings. The first kappa shape index (κ1) is 28.1. The van der Waals surface area contributed by atoms with Gasteiger partial charge in [0.2, 0.25) is 0 Å². The van der Waals surface area contributed by atoms with Gasteiger partial charge in [0, 0.05) is 47.7 Å². The minimum atomic E-state index is -0.559. The van der Waals surface area contributed by atoms with Crippen LogP contribution in [-0.2, 0) is 16.0 Å². The van der Waals surface area contributed by atoms with Gasteiger partial charge in [0.05, 0.1) is 44.0 Å². The lowest BCUT2D eigenvalue weighted by atomic mass is 9.84. The number of nitrogens with zero attached hydrogens (tertiary/aromatic N) is 3. The Morgan fingerprint density at radius 3 is 2.68 bits per heavy atom. The van der Waals surface area contributed by atoms with Crippen molar-refractivity contribution in [2.75, 3.05) is 58.4 Å². The molecule has 0 saturated carbocycles. The molecule has 1 aromatic heterocycles. The number of benzene rings is 2. The minimum Gasteiger partial charge on any atom is -0.381 e. The van der Waals surface area contributed by atoms with Crippen LogP contribution in [0.15, 0.2) is 48.7 Å². The van der Waals surface area contributed by atoms with Gasteiger partial charge in [-0.25, -0.2) is 4.79 Å². The van der Waals surface area contributed by atoms with E-state index in [9.17, 15) is 4.79 Å². The Labute approximate surface area is 232 Å². The Hall–Kier alpha value is -2.95. The predicted octanol–water partition coefficient (Wildman–Crippen LogP) is 4.14. The molecule has 0 fully saturated rings. The summed E-state index contributed by atoms with van der Waals surface area (Å²) < 4.78 is 10.9. The summed E-state index contributed by atoms with van der Waals surface area (Å²) in [7, 11) is 2.10. The van der Waals surface area contributed by atoms with Crippen LogP contribution < -0.4 is 16.4 Å². The zero-order valence-electron chi connectivity index (χ0n) is 21.3. The van der Waals surface area contributed by atoms with Crippen molar-refractivity contribution in [3.8, 4) is 11.3 Å². The number of fused-ring (bicyclic) bond motifs is 1. The first-order valence-corrected chi connectivity index (χ1v) is 13.2. The SMILES string of the molecule is CN1Cc2c(Cl)cc(Cl)cc2[C@H](c2cccc(-c3cc(NCCOCCOCCNC(N)=O)cnn3)c2)C1. The summed E-state index contributed by atoms with van der Waals surface area (Å²) in [5.74, 6) is 0.148. The third kappa shape index (κ3) is 7.78. The van der Waals surface area contributed by atoms with E-state index in [0.717, 1.165) is 35.6 Å². The average Bonchev–Trinajstić information content (AvgIpc) is 2.90. The van der Waals surface area contributed by atoms with Crippen LogP contribution in [0.25, 0.3) is 11.3 Å². The van der Waals surface area contributed by atoms with Crippen LogP contribution in [0.3, 0.4) is 0 Å². The molecule has 0 bridgehead atoms. The molecule has 4 N–H and O–H groups in total. The molecule has 0 saturated heterocycles. The Balaban J connectivity index is 1.34. The number of hydrogen-bond acceptors (Lipinski definition) is 7. The largest absolute Gasteiger partial charge is 0.381 e. The Morgan fingerprint density at radius 2 is 1.89 bits per heavy atom. The summed E-state index contributed by atoms with van der Waals surface area (Å²) in [6.45, 7) is 4.46. The molecule has 0 spiro atoms. The number of aromatic nitrogens is 2. The van der Waals surface area contributed by atoms with Gasteiger partial charge in [-0.3, -0.25) is 0 Å². The van der Waals surface area contributed by atoms with Crippen molar-refractivity contribution >= 4 is 34.9 Å². The van der Waals surface area contributed by atoms with Crippen molar-refractivity contribution in [2.24, 2.45) is 5.73 Å². The van der Waals surface area contributed by atoms with Crippen LogP contribution in [-0.4, -0.2) is 74.2 Å². The van der Waals surface area contributed by atoms with E-state index in [1.54, 1.807) is 6.20 Å². The van der Waals surface area contributed by atoms with Gasteiger partial charge in [-0.2, -0.15) is 10.2 Å². The molecule has 1 aliphatic heterocycles. The van der Waals surface area contributed by atoms with Gasteiger partial charge in [-0.15, -0.1) is 0 Å². The van der Waals surface area contributed by atoms with Gasteiger partial charge >= 0.3 is 6.03 Å². The number of carbonyl (C=O) groups excluding carboxylic acids is 1. The molecule has 2 aromatic carbocycles. The highest BCUT2D eigenvalue weighted by Crippen LogP contribution is 2.39. The molecule has 11 heteroatoms. The number of halogens is 2. The fourth-order valence-electron chi connectivity index (χ4n) is 4.49. The number of hydrogen-bond donors (Lipinski definition) is 3. The molecular formula is C27H32Cl2N6O3. The molecule has 1 atom stereocenters. The van der Waals surface area contributed by atoms with Crippen molar-refractivity contribution in [1.82, 2.24) is 20.4 Å². The Kier molecular flexibility index (Phi) is 10.1. The summed E-state index contributed by atoms with van der Waals surface area (Å²) in [4.78, 5) is 12.9. The maximum Gasteiger partial charge on any atom is 0.312 e. The average molecular weight is 559 g/mol. The van der Waals surface area contributed by atoms with Crippen LogP contribution in [0.1, 0.15) is 22.6 Å². The molecular weight excluding hydrogens is 527 g/mol. The number of urea groups is 1. The number of carbonyl (C=O) groups is 1. The zero-order valence-corrected chi connectivity index (χ0v) is 22.8. The van der Waals surface area contributed by atoms with Gasteiger partial charge in [0.1, 0.15) is 0 Å². The van der Waals surface area contributed by atoms with Crippen LogP contribution in [0.5, 0.6) is 0 Å². The van der Waals surface area contributed by atoms with E-state index in [0.29, 0.717) is 49.6 Å². The molecule has 2 heterocycles. The lowest BCUT2D eigenvalue weighted by Crippen LogP contribution is -2.32. The van der Waals surface area contributed by atoms with Crippen molar-refractivity contribution in [1.29, 1.82) is 0 Å². The Morgan fingerprint density at radius 1 is 1.11 bits per heavy atom. The minimum absolute atomic E-state index is 0.148. The fourth-order valence-corrected chi connectivity index (χ4v) is 5.05. The van der Waals surface area contributed by atoms with Crippen LogP contribution in [0, 0.1) is 0 Å². The number of likely N-dealkylation sites (N-methyl/N-ethyl adjacent to an activating group) is 1. The van der Waals surface area contributed by atoms with E-state index < -0.39 is 6.03 Å². The first-order chi connectivity index (χ1) is 18.4.